The third kappa shape index (κ3) is 2.53. The summed E-state index contributed by atoms with van der Waals surface area (Å²) in [5.74, 6) is 0.308. The van der Waals surface area contributed by atoms with Crippen LogP contribution >= 0.6 is 0 Å². The summed E-state index contributed by atoms with van der Waals surface area (Å²) < 4.78 is 0. The predicted molar refractivity (Wildman–Crippen MR) is 71.4 cm³/mol. The number of para-hydroxylation sites is 1. The van der Waals surface area contributed by atoms with Crippen LogP contribution in [0.1, 0.15) is 37.7 Å². The molecule has 0 N–H and O–H groups in total. The molecule has 18 heavy (non-hydrogen) atoms. The van der Waals surface area contributed by atoms with Gasteiger partial charge < -0.3 is 4.90 Å². The van der Waals surface area contributed by atoms with E-state index in [0.717, 1.165) is 31.4 Å². The molecule has 3 heteroatoms. The van der Waals surface area contributed by atoms with Gasteiger partial charge in [-0.3, -0.25) is 4.79 Å². The minimum Gasteiger partial charge on any atom is -0.363 e. The van der Waals surface area contributed by atoms with E-state index < -0.39 is 0 Å². The van der Waals surface area contributed by atoms with E-state index in [4.69, 9.17) is 5.26 Å². The fourth-order valence-corrected chi connectivity index (χ4v) is 2.59. The van der Waals surface area contributed by atoms with Gasteiger partial charge in [-0.05, 0) is 25.0 Å². The molecule has 1 aromatic rings. The molecule has 1 atom stereocenters. The lowest BCUT2D eigenvalue weighted by atomic mass is 10.0. The molecule has 0 radical (unpaired) electrons. The minimum absolute atomic E-state index is 0.0676. The van der Waals surface area contributed by atoms with Gasteiger partial charge in [-0.15, -0.1) is 0 Å². The zero-order valence-electron chi connectivity index (χ0n) is 10.7. The van der Waals surface area contributed by atoms with Crippen LogP contribution in [0.3, 0.4) is 0 Å². The second-order valence-corrected chi connectivity index (χ2v) is 4.82. The van der Waals surface area contributed by atoms with Crippen molar-refractivity contribution in [1.82, 2.24) is 0 Å². The van der Waals surface area contributed by atoms with E-state index in [1.165, 1.54) is 0 Å². The van der Waals surface area contributed by atoms with Gasteiger partial charge in [0.25, 0.3) is 0 Å². The third-order valence-electron chi connectivity index (χ3n) is 3.64. The van der Waals surface area contributed by atoms with Crippen LogP contribution in [0, 0.1) is 11.3 Å². The smallest absolute Gasteiger partial charge is 0.155 e. The van der Waals surface area contributed by atoms with Crippen LogP contribution in [-0.2, 0) is 4.79 Å². The maximum atomic E-state index is 12.1. The highest BCUT2D eigenvalue weighted by Gasteiger charge is 2.25. The Hall–Kier alpha value is -1.82. The number of carbonyl (C=O) groups excluding carboxylic acids is 1. The number of hydrogen-bond acceptors (Lipinski definition) is 3. The largest absolute Gasteiger partial charge is 0.363 e. The summed E-state index contributed by atoms with van der Waals surface area (Å²) in [5, 5.41) is 9.13. The molecule has 0 bridgehead atoms. The summed E-state index contributed by atoms with van der Waals surface area (Å²) in [4.78, 5) is 14.1. The fourth-order valence-electron chi connectivity index (χ4n) is 2.59. The molecule has 0 aliphatic heterocycles. The van der Waals surface area contributed by atoms with E-state index >= 15 is 0 Å². The standard InChI is InChI=1S/C15H18N2O/c1-17(13-8-6-5-7-12(13)11-16)14-9-3-2-4-10-15(14)18/h5-8,14H,2-4,9-10H2,1H3. The second-order valence-electron chi connectivity index (χ2n) is 4.82. The van der Waals surface area contributed by atoms with Gasteiger partial charge in [0.2, 0.25) is 0 Å². The number of rotatable bonds is 2. The number of hydrogen-bond donors (Lipinski definition) is 0. The van der Waals surface area contributed by atoms with Gasteiger partial charge in [-0.25, -0.2) is 0 Å². The summed E-state index contributed by atoms with van der Waals surface area (Å²) >= 11 is 0. The molecule has 0 heterocycles. The molecule has 2 rings (SSSR count). The lowest BCUT2D eigenvalue weighted by Gasteiger charge is -2.28. The minimum atomic E-state index is -0.0676. The Morgan fingerprint density at radius 2 is 2.06 bits per heavy atom. The molecule has 1 unspecified atom stereocenters. The second kappa shape index (κ2) is 5.68. The van der Waals surface area contributed by atoms with Crippen molar-refractivity contribution in [3.8, 4) is 6.07 Å². The van der Waals surface area contributed by atoms with Gasteiger partial charge in [0.1, 0.15) is 6.07 Å². The van der Waals surface area contributed by atoms with E-state index in [0.29, 0.717) is 17.8 Å². The van der Waals surface area contributed by atoms with Crippen molar-refractivity contribution < 1.29 is 4.79 Å². The molecule has 1 fully saturated rings. The quantitative estimate of drug-likeness (QED) is 0.749. The van der Waals surface area contributed by atoms with Crippen molar-refractivity contribution in [3.63, 3.8) is 0 Å². The van der Waals surface area contributed by atoms with Crippen molar-refractivity contribution in [2.45, 2.75) is 38.1 Å². The van der Waals surface area contributed by atoms with E-state index in [9.17, 15) is 4.79 Å². The number of anilines is 1. The van der Waals surface area contributed by atoms with Gasteiger partial charge >= 0.3 is 0 Å². The van der Waals surface area contributed by atoms with E-state index in [-0.39, 0.29) is 6.04 Å². The van der Waals surface area contributed by atoms with Crippen LogP contribution in [0.25, 0.3) is 0 Å². The molecule has 1 aromatic carbocycles. The van der Waals surface area contributed by atoms with Crippen LogP contribution in [0.15, 0.2) is 24.3 Å². The van der Waals surface area contributed by atoms with Crippen LogP contribution in [0.2, 0.25) is 0 Å². The summed E-state index contributed by atoms with van der Waals surface area (Å²) in [6.07, 6.45) is 4.80. The molecule has 94 valence electrons. The number of nitrogens with zero attached hydrogens (tertiary/aromatic N) is 2. The number of Topliss-reactive ketones (excluding diaryl/α,β-unsaturated/α-hetero) is 1. The zero-order valence-corrected chi connectivity index (χ0v) is 10.7. The number of ketones is 1. The summed E-state index contributed by atoms with van der Waals surface area (Å²) in [6.45, 7) is 0. The van der Waals surface area contributed by atoms with Gasteiger partial charge in [0.15, 0.2) is 5.78 Å². The van der Waals surface area contributed by atoms with Crippen molar-refractivity contribution >= 4 is 11.5 Å². The highest BCUT2D eigenvalue weighted by Crippen LogP contribution is 2.25. The molecule has 0 amide bonds. The molecular weight excluding hydrogens is 224 g/mol. The normalized spacial score (nSPS) is 20.0. The lowest BCUT2D eigenvalue weighted by Crippen LogP contribution is -2.38. The molecule has 1 aliphatic carbocycles. The number of nitriles is 1. The van der Waals surface area contributed by atoms with Crippen molar-refractivity contribution in [2.75, 3.05) is 11.9 Å². The molecule has 1 saturated carbocycles. The van der Waals surface area contributed by atoms with Crippen molar-refractivity contribution in [1.29, 1.82) is 5.26 Å². The first kappa shape index (κ1) is 12.6. The van der Waals surface area contributed by atoms with E-state index in [1.807, 2.05) is 30.1 Å². The topological polar surface area (TPSA) is 44.1 Å². The lowest BCUT2D eigenvalue weighted by molar-refractivity contribution is -0.120. The average molecular weight is 242 g/mol. The Morgan fingerprint density at radius 3 is 2.83 bits per heavy atom. The first-order valence-electron chi connectivity index (χ1n) is 6.48. The molecule has 0 saturated heterocycles. The average Bonchev–Trinajstić information content (AvgIpc) is 2.62. The number of benzene rings is 1. The Bertz CT molecular complexity index is 476. The SMILES string of the molecule is CN(c1ccccc1C#N)C1CCCCCC1=O. The monoisotopic (exact) mass is 242 g/mol. The number of carbonyl (C=O) groups is 1. The van der Waals surface area contributed by atoms with Gasteiger partial charge in [-0.1, -0.05) is 25.0 Å². The predicted octanol–water partition coefficient (Wildman–Crippen LogP) is 2.90. The first-order chi connectivity index (χ1) is 8.74. The van der Waals surface area contributed by atoms with Gasteiger partial charge in [0, 0.05) is 13.5 Å². The molecule has 1 aliphatic rings. The fraction of sp³-hybridized carbons (Fsp3) is 0.467. The van der Waals surface area contributed by atoms with Crippen LogP contribution in [-0.4, -0.2) is 18.9 Å². The summed E-state index contributed by atoms with van der Waals surface area (Å²) in [5.41, 5.74) is 1.50. The van der Waals surface area contributed by atoms with E-state index in [2.05, 4.69) is 6.07 Å². The Balaban J connectivity index is 2.27. The van der Waals surface area contributed by atoms with Gasteiger partial charge in [-0.2, -0.15) is 5.26 Å². The molecular formula is C15H18N2O. The van der Waals surface area contributed by atoms with Crippen molar-refractivity contribution in [2.24, 2.45) is 0 Å². The Morgan fingerprint density at radius 1 is 1.28 bits per heavy atom. The van der Waals surface area contributed by atoms with E-state index in [1.54, 1.807) is 6.07 Å². The van der Waals surface area contributed by atoms with Crippen LogP contribution < -0.4 is 4.90 Å². The summed E-state index contributed by atoms with van der Waals surface area (Å²) in [7, 11) is 1.92. The molecule has 3 nitrogen and oxygen atoms in total. The Labute approximate surface area is 108 Å². The Kier molecular flexibility index (Phi) is 3.99. The van der Waals surface area contributed by atoms with Gasteiger partial charge in [0.05, 0.1) is 17.3 Å². The van der Waals surface area contributed by atoms with Crippen LogP contribution in [0.5, 0.6) is 0 Å². The maximum Gasteiger partial charge on any atom is 0.155 e. The number of likely N-dealkylation sites (N-methyl/N-ethyl adjacent to an activating group) is 1. The highest BCUT2D eigenvalue weighted by molar-refractivity contribution is 5.87. The first-order valence-corrected chi connectivity index (χ1v) is 6.48. The zero-order chi connectivity index (χ0) is 13.0. The van der Waals surface area contributed by atoms with Crippen molar-refractivity contribution in [3.05, 3.63) is 29.8 Å². The molecule has 0 aromatic heterocycles. The highest BCUT2D eigenvalue weighted by atomic mass is 16.1. The third-order valence-corrected chi connectivity index (χ3v) is 3.64. The van der Waals surface area contributed by atoms with Crippen LogP contribution in [0.4, 0.5) is 5.69 Å². The summed E-state index contributed by atoms with van der Waals surface area (Å²) in [6, 6.07) is 9.60. The maximum absolute atomic E-state index is 12.1. The molecule has 0 spiro atoms.